The van der Waals surface area contributed by atoms with Crippen LogP contribution in [0.4, 0.5) is 0 Å². The van der Waals surface area contributed by atoms with Gasteiger partial charge >= 0.3 is 13.8 Å². The average Bonchev–Trinajstić information content (AvgIpc) is 3.26. The van der Waals surface area contributed by atoms with Gasteiger partial charge in [0.2, 0.25) is 0 Å². The second-order valence-corrected chi connectivity index (χ2v) is 16.7. The maximum Gasteiger partial charge on any atom is 0.472 e. The molecule has 0 aliphatic carbocycles. The van der Waals surface area contributed by atoms with Gasteiger partial charge in [-0.3, -0.25) is 13.8 Å². The van der Waals surface area contributed by atoms with Gasteiger partial charge in [0.25, 0.3) is 0 Å². The molecule has 0 aliphatic heterocycles. The summed E-state index contributed by atoms with van der Waals surface area (Å²) in [7, 11) is -4.30. The van der Waals surface area contributed by atoms with Gasteiger partial charge in [-0.15, -0.1) is 0 Å². The van der Waals surface area contributed by atoms with Crippen LogP contribution in [0.15, 0.2) is 122 Å². The van der Waals surface area contributed by atoms with Crippen molar-refractivity contribution in [2.24, 2.45) is 5.73 Å². The Labute approximate surface area is 379 Å². The maximum absolute atomic E-state index is 12.6. The van der Waals surface area contributed by atoms with Crippen LogP contribution >= 0.6 is 7.82 Å². The van der Waals surface area contributed by atoms with E-state index in [0.717, 1.165) is 109 Å². The molecule has 2 atom stereocenters. The average molecular weight is 882 g/mol. The van der Waals surface area contributed by atoms with Crippen LogP contribution < -0.4 is 5.73 Å². The molecule has 3 N–H and O–H groups in total. The molecule has 2 unspecified atom stereocenters. The molecule has 0 saturated carbocycles. The van der Waals surface area contributed by atoms with E-state index in [9.17, 15) is 14.3 Å². The first kappa shape index (κ1) is 58.9. The lowest BCUT2D eigenvalue weighted by Crippen LogP contribution is -2.28. The Bertz CT molecular complexity index is 1360. The van der Waals surface area contributed by atoms with Crippen LogP contribution in [0.25, 0.3) is 0 Å². The van der Waals surface area contributed by atoms with Crippen molar-refractivity contribution in [3.8, 4) is 0 Å². The quantitative estimate of drug-likeness (QED) is 0.0269. The Kier molecular flexibility index (Phi) is 46.5. The van der Waals surface area contributed by atoms with Gasteiger partial charge in [-0.05, 0) is 103 Å². The van der Waals surface area contributed by atoms with E-state index in [2.05, 4.69) is 135 Å². The number of hydrogen-bond donors (Lipinski definition) is 2. The van der Waals surface area contributed by atoms with Gasteiger partial charge in [-0.25, -0.2) is 4.57 Å². The van der Waals surface area contributed by atoms with E-state index in [4.69, 9.17) is 24.3 Å². The van der Waals surface area contributed by atoms with E-state index in [0.29, 0.717) is 13.0 Å². The Morgan fingerprint density at radius 2 is 0.855 bits per heavy atom. The smallest absolute Gasteiger partial charge is 0.457 e. The molecule has 352 valence electrons. The minimum atomic E-state index is -4.30. The molecule has 0 aromatic carbocycles. The molecule has 9 heteroatoms. The van der Waals surface area contributed by atoms with Crippen LogP contribution in [0.3, 0.4) is 0 Å². The highest BCUT2D eigenvalue weighted by Gasteiger charge is 2.25. The summed E-state index contributed by atoms with van der Waals surface area (Å²) in [5.41, 5.74) is 5.38. The van der Waals surface area contributed by atoms with Crippen LogP contribution in [0.2, 0.25) is 0 Å². The molecule has 0 bridgehead atoms. The third kappa shape index (κ3) is 47.9. The summed E-state index contributed by atoms with van der Waals surface area (Å²) in [4.78, 5) is 22.6. The van der Waals surface area contributed by atoms with Crippen molar-refractivity contribution < 1.29 is 32.8 Å². The van der Waals surface area contributed by atoms with Crippen molar-refractivity contribution in [1.29, 1.82) is 0 Å². The highest BCUT2D eigenvalue weighted by molar-refractivity contribution is 7.47. The van der Waals surface area contributed by atoms with Crippen LogP contribution in [-0.2, 0) is 27.9 Å². The number of nitrogens with two attached hydrogens (primary N) is 1. The second-order valence-electron chi connectivity index (χ2n) is 15.2. The number of hydrogen-bond acceptors (Lipinski definition) is 7. The maximum atomic E-state index is 12.6. The monoisotopic (exact) mass is 882 g/mol. The molecule has 0 amide bonds. The molecule has 0 aliphatic rings. The lowest BCUT2D eigenvalue weighted by molar-refractivity contribution is -0.154. The van der Waals surface area contributed by atoms with Gasteiger partial charge in [-0.1, -0.05) is 180 Å². The molecular weight excluding hydrogens is 794 g/mol. The summed E-state index contributed by atoms with van der Waals surface area (Å²) in [6.07, 6.45) is 68.0. The summed E-state index contributed by atoms with van der Waals surface area (Å²) < 4.78 is 33.5. The first-order valence-corrected chi connectivity index (χ1v) is 25.5. The van der Waals surface area contributed by atoms with E-state index >= 15 is 0 Å². The minimum absolute atomic E-state index is 0.0760. The van der Waals surface area contributed by atoms with Crippen LogP contribution in [0, 0.1) is 0 Å². The second kappa shape index (κ2) is 48.9. The first-order chi connectivity index (χ1) is 30.4. The molecule has 0 radical (unpaired) electrons. The van der Waals surface area contributed by atoms with E-state index in [1.165, 1.54) is 38.5 Å². The molecule has 8 nitrogen and oxygen atoms in total. The van der Waals surface area contributed by atoms with E-state index in [1.54, 1.807) is 0 Å². The number of carbonyl (C=O) groups is 1. The number of esters is 1. The van der Waals surface area contributed by atoms with Crippen molar-refractivity contribution in [2.75, 3.05) is 33.0 Å². The summed E-state index contributed by atoms with van der Waals surface area (Å²) in [5.74, 6) is -0.358. The summed E-state index contributed by atoms with van der Waals surface area (Å²) in [5, 5.41) is 0. The van der Waals surface area contributed by atoms with E-state index in [-0.39, 0.29) is 32.3 Å². The zero-order valence-corrected chi connectivity index (χ0v) is 39.9. The number of ether oxygens (including phenoxy) is 2. The Morgan fingerprint density at radius 1 is 0.484 bits per heavy atom. The van der Waals surface area contributed by atoms with Gasteiger partial charge < -0.3 is 20.1 Å². The Balaban J connectivity index is 4.09. The molecule has 0 rings (SSSR count). The van der Waals surface area contributed by atoms with Gasteiger partial charge in [0, 0.05) is 19.6 Å². The molecule has 0 spiro atoms. The molecule has 0 fully saturated rings. The van der Waals surface area contributed by atoms with Crippen molar-refractivity contribution >= 4 is 13.8 Å². The first-order valence-electron chi connectivity index (χ1n) is 24.0. The molecule has 0 aromatic heterocycles. The topological polar surface area (TPSA) is 117 Å². The summed E-state index contributed by atoms with van der Waals surface area (Å²) >= 11 is 0. The lowest BCUT2D eigenvalue weighted by atomic mass is 10.1. The third-order valence-corrected chi connectivity index (χ3v) is 10.4. The van der Waals surface area contributed by atoms with Crippen molar-refractivity contribution in [3.63, 3.8) is 0 Å². The summed E-state index contributed by atoms with van der Waals surface area (Å²) in [6, 6.07) is 0. The minimum Gasteiger partial charge on any atom is -0.457 e. The van der Waals surface area contributed by atoms with Gasteiger partial charge in [0.1, 0.15) is 6.10 Å². The number of unbranched alkanes of at least 4 members (excludes halogenated alkanes) is 11. The fourth-order valence-corrected chi connectivity index (χ4v) is 6.70. The van der Waals surface area contributed by atoms with Crippen LogP contribution in [0.1, 0.15) is 168 Å². The van der Waals surface area contributed by atoms with Crippen molar-refractivity contribution in [2.45, 2.75) is 174 Å². The predicted octanol–water partition coefficient (Wildman–Crippen LogP) is 15.0. The fourth-order valence-electron chi connectivity index (χ4n) is 5.93. The van der Waals surface area contributed by atoms with Crippen molar-refractivity contribution in [3.05, 3.63) is 122 Å². The van der Waals surface area contributed by atoms with Gasteiger partial charge in [0.05, 0.1) is 19.8 Å². The lowest BCUT2D eigenvalue weighted by Gasteiger charge is -2.20. The number of rotatable bonds is 44. The fraction of sp³-hybridized carbons (Fsp3) is 0.604. The number of phosphoric acid groups is 1. The predicted molar refractivity (Wildman–Crippen MR) is 265 cm³/mol. The van der Waals surface area contributed by atoms with Crippen LogP contribution in [0.5, 0.6) is 0 Å². The van der Waals surface area contributed by atoms with Crippen LogP contribution in [-0.4, -0.2) is 49.9 Å². The normalized spacial score (nSPS) is 14.5. The van der Waals surface area contributed by atoms with E-state index < -0.39 is 13.9 Å². The Morgan fingerprint density at radius 3 is 1.27 bits per heavy atom. The van der Waals surface area contributed by atoms with Crippen molar-refractivity contribution in [1.82, 2.24) is 0 Å². The Hall–Kier alpha value is -3.10. The zero-order valence-electron chi connectivity index (χ0n) is 39.1. The number of phosphoric ester groups is 1. The molecule has 0 aromatic rings. The molecular formula is C53H88NO7P. The standard InChI is InChI=1S/C53H88NO7P/c1-3-5-7-9-11-13-15-17-19-21-23-24-25-26-27-28-29-30-32-34-36-38-40-42-44-46-53(55)61-52(51-60-62(56,57)59-49-47-54)50-58-48-45-43-41-39-37-35-33-31-22-20-18-16-14-12-10-8-6-4-2/h5-8,11-14,17-20,23-24,26-27,31,33,37,39,52H,3-4,9-10,15-16,21-22,25,28-30,32,34-36,38,40-51,54H2,1-2H3,(H,56,57)/b7-5-,8-6-,13-11-,14-12-,19-17-,20-18-,24-23-,27-26-,33-31-,39-37-. The molecule has 0 heterocycles. The molecule has 62 heavy (non-hydrogen) atoms. The highest BCUT2D eigenvalue weighted by Crippen LogP contribution is 2.43. The number of carbonyl (C=O) groups excluding carboxylic acids is 1. The third-order valence-electron chi connectivity index (χ3n) is 9.37. The van der Waals surface area contributed by atoms with E-state index in [1.807, 2.05) is 0 Å². The highest BCUT2D eigenvalue weighted by atomic mass is 31.2. The molecule has 0 saturated heterocycles. The zero-order chi connectivity index (χ0) is 45.1. The van der Waals surface area contributed by atoms with Gasteiger partial charge in [0.15, 0.2) is 0 Å². The largest absolute Gasteiger partial charge is 0.472 e. The van der Waals surface area contributed by atoms with Gasteiger partial charge in [-0.2, -0.15) is 0 Å². The number of allylic oxidation sites excluding steroid dienone is 20. The SMILES string of the molecule is CC/C=C\C/C=C\C/C=C\C/C=C\C/C=C\CCCCCCCCCCCC(=O)OC(COCCCC/C=C\C/C=C\C/C=C\C/C=C\C/C=C\CC)COP(=O)(O)OCCN. The summed E-state index contributed by atoms with van der Waals surface area (Å²) in [6.45, 7) is 4.54.